The standard InChI is InChI=1S/C20H19ClFN3O4/c1-3-20(2)23-17(27)15-11-6-7-24(9-10-4-5-13(22)12(21)8-10)18(28)14(11)16(26)19(29)25(15)20/h4-5,8,14H,3,6-7,9H2,1-2H3,(H,23,27). The number of Topliss-reactive ketones (excluding diaryl/α,β-unsaturated/α-hetero) is 1. The van der Waals surface area contributed by atoms with Gasteiger partial charge in [0.1, 0.15) is 23.1 Å². The molecule has 0 bridgehead atoms. The van der Waals surface area contributed by atoms with E-state index >= 15 is 0 Å². The van der Waals surface area contributed by atoms with Crippen LogP contribution >= 0.6 is 11.6 Å². The number of likely N-dealkylation sites (tertiary alicyclic amines) is 1. The Morgan fingerprint density at radius 3 is 2.66 bits per heavy atom. The van der Waals surface area contributed by atoms with Gasteiger partial charge in [-0.1, -0.05) is 24.6 Å². The second-order valence-corrected chi connectivity index (χ2v) is 8.06. The molecule has 0 radical (unpaired) electrons. The van der Waals surface area contributed by atoms with Crippen molar-refractivity contribution in [3.05, 3.63) is 45.9 Å². The Bertz CT molecular complexity index is 1010. The van der Waals surface area contributed by atoms with Crippen LogP contribution in [0.25, 0.3) is 0 Å². The van der Waals surface area contributed by atoms with E-state index in [1.54, 1.807) is 13.8 Å². The first-order valence-corrected chi connectivity index (χ1v) is 9.72. The molecule has 29 heavy (non-hydrogen) atoms. The molecule has 7 nitrogen and oxygen atoms in total. The second kappa shape index (κ2) is 6.66. The normalized spacial score (nSPS) is 26.7. The van der Waals surface area contributed by atoms with Gasteiger partial charge in [0.05, 0.1) is 5.02 Å². The molecule has 0 aliphatic carbocycles. The van der Waals surface area contributed by atoms with Crippen molar-refractivity contribution in [1.29, 1.82) is 0 Å². The fourth-order valence-corrected chi connectivity index (χ4v) is 4.39. The lowest BCUT2D eigenvalue weighted by Gasteiger charge is -2.41. The number of halogens is 2. The molecule has 3 heterocycles. The number of piperidine rings is 1. The summed E-state index contributed by atoms with van der Waals surface area (Å²) in [6, 6.07) is 4.14. The van der Waals surface area contributed by atoms with Crippen molar-refractivity contribution in [2.45, 2.75) is 38.9 Å². The van der Waals surface area contributed by atoms with Crippen molar-refractivity contribution in [2.75, 3.05) is 6.54 Å². The van der Waals surface area contributed by atoms with E-state index in [4.69, 9.17) is 11.6 Å². The van der Waals surface area contributed by atoms with E-state index in [1.165, 1.54) is 28.0 Å². The summed E-state index contributed by atoms with van der Waals surface area (Å²) in [5.41, 5.74) is 0.140. The number of nitrogens with one attached hydrogen (secondary N) is 1. The summed E-state index contributed by atoms with van der Waals surface area (Å²) in [6.07, 6.45) is 0.716. The molecule has 2 saturated heterocycles. The highest BCUT2D eigenvalue weighted by atomic mass is 35.5. The van der Waals surface area contributed by atoms with Crippen LogP contribution in [0.2, 0.25) is 5.02 Å². The molecule has 0 aromatic heterocycles. The summed E-state index contributed by atoms with van der Waals surface area (Å²) in [4.78, 5) is 53.9. The van der Waals surface area contributed by atoms with Crippen LogP contribution in [0.4, 0.5) is 4.39 Å². The van der Waals surface area contributed by atoms with Crippen LogP contribution in [0.5, 0.6) is 0 Å². The van der Waals surface area contributed by atoms with Crippen LogP contribution in [0, 0.1) is 11.7 Å². The SMILES string of the molecule is CCC1(C)NC(=O)C2=C3CCN(Cc4ccc(F)c(Cl)c4)C(=O)C3C(=O)C(=O)N21. The Morgan fingerprint density at radius 1 is 1.28 bits per heavy atom. The molecule has 2 unspecified atom stereocenters. The molecule has 3 aliphatic rings. The summed E-state index contributed by atoms with van der Waals surface area (Å²) < 4.78 is 13.4. The van der Waals surface area contributed by atoms with Crippen molar-refractivity contribution in [2.24, 2.45) is 5.92 Å². The molecule has 0 saturated carbocycles. The minimum absolute atomic E-state index is 0.0594. The van der Waals surface area contributed by atoms with Crippen LogP contribution < -0.4 is 5.32 Å². The largest absolute Gasteiger partial charge is 0.337 e. The lowest BCUT2D eigenvalue weighted by atomic mass is 9.81. The monoisotopic (exact) mass is 419 g/mol. The number of nitrogens with zero attached hydrogens (tertiary/aromatic N) is 2. The molecule has 1 aromatic carbocycles. The number of carbonyl (C=O) groups excluding carboxylic acids is 4. The van der Waals surface area contributed by atoms with Gasteiger partial charge in [-0.25, -0.2) is 4.39 Å². The lowest BCUT2D eigenvalue weighted by molar-refractivity contribution is -0.154. The van der Waals surface area contributed by atoms with E-state index in [0.29, 0.717) is 24.0 Å². The highest BCUT2D eigenvalue weighted by molar-refractivity contribution is 6.44. The average molecular weight is 420 g/mol. The Labute approximate surface area is 171 Å². The number of carbonyl (C=O) groups is 4. The Morgan fingerprint density at radius 2 is 2.00 bits per heavy atom. The molecule has 9 heteroatoms. The van der Waals surface area contributed by atoms with Gasteiger partial charge in [-0.2, -0.15) is 0 Å². The summed E-state index contributed by atoms with van der Waals surface area (Å²) in [6.45, 7) is 3.88. The van der Waals surface area contributed by atoms with Crippen LogP contribution in [-0.4, -0.2) is 45.5 Å². The fourth-order valence-electron chi connectivity index (χ4n) is 4.19. The minimum Gasteiger partial charge on any atom is -0.337 e. The van der Waals surface area contributed by atoms with Gasteiger partial charge < -0.3 is 10.2 Å². The van der Waals surface area contributed by atoms with Crippen molar-refractivity contribution < 1.29 is 23.6 Å². The predicted octanol–water partition coefficient (Wildman–Crippen LogP) is 1.75. The third-order valence-corrected chi connectivity index (χ3v) is 6.19. The molecule has 1 N–H and O–H groups in total. The average Bonchev–Trinajstić information content (AvgIpc) is 2.95. The topological polar surface area (TPSA) is 86.8 Å². The van der Waals surface area contributed by atoms with Crippen molar-refractivity contribution >= 4 is 35.1 Å². The van der Waals surface area contributed by atoms with Crippen molar-refractivity contribution in [3.8, 4) is 0 Å². The molecular weight excluding hydrogens is 401 g/mol. The van der Waals surface area contributed by atoms with Gasteiger partial charge in [-0.15, -0.1) is 0 Å². The fraction of sp³-hybridized carbons (Fsp3) is 0.400. The van der Waals surface area contributed by atoms with E-state index in [-0.39, 0.29) is 23.8 Å². The molecular formula is C20H19ClFN3O4. The number of benzene rings is 1. The maximum absolute atomic E-state index is 13.4. The van der Waals surface area contributed by atoms with E-state index in [9.17, 15) is 23.6 Å². The molecule has 2 atom stereocenters. The number of fused-ring (bicyclic) bond motifs is 2. The molecule has 3 amide bonds. The zero-order chi connectivity index (χ0) is 21.1. The van der Waals surface area contributed by atoms with Gasteiger partial charge in [0.25, 0.3) is 11.8 Å². The van der Waals surface area contributed by atoms with Crippen LogP contribution in [0.15, 0.2) is 29.5 Å². The Balaban J connectivity index is 1.69. The summed E-state index contributed by atoms with van der Waals surface area (Å²) >= 11 is 5.80. The zero-order valence-corrected chi connectivity index (χ0v) is 16.7. The lowest BCUT2D eigenvalue weighted by Crippen LogP contribution is -2.58. The predicted molar refractivity (Wildman–Crippen MR) is 101 cm³/mol. The van der Waals surface area contributed by atoms with E-state index in [2.05, 4.69) is 5.32 Å². The first-order valence-electron chi connectivity index (χ1n) is 9.34. The molecule has 4 rings (SSSR count). The van der Waals surface area contributed by atoms with E-state index in [0.717, 1.165) is 0 Å². The minimum atomic E-state index is -1.29. The van der Waals surface area contributed by atoms with Crippen molar-refractivity contribution in [3.63, 3.8) is 0 Å². The molecule has 3 aliphatic heterocycles. The summed E-state index contributed by atoms with van der Waals surface area (Å²) in [5.74, 6) is -4.50. The maximum Gasteiger partial charge on any atom is 0.297 e. The van der Waals surface area contributed by atoms with E-state index < -0.39 is 40.9 Å². The second-order valence-electron chi connectivity index (χ2n) is 7.65. The number of rotatable bonds is 3. The third-order valence-electron chi connectivity index (χ3n) is 5.90. The third kappa shape index (κ3) is 2.85. The first kappa shape index (κ1) is 19.6. The van der Waals surface area contributed by atoms with Gasteiger partial charge in [0, 0.05) is 13.1 Å². The van der Waals surface area contributed by atoms with Gasteiger partial charge in [0.2, 0.25) is 11.7 Å². The molecule has 152 valence electrons. The number of ketones is 1. The van der Waals surface area contributed by atoms with Gasteiger partial charge in [-0.05, 0) is 43.0 Å². The number of hydrogen-bond acceptors (Lipinski definition) is 4. The van der Waals surface area contributed by atoms with Gasteiger partial charge in [-0.3, -0.25) is 24.1 Å². The Kier molecular flexibility index (Phi) is 4.49. The Hall–Kier alpha value is -2.74. The zero-order valence-electron chi connectivity index (χ0n) is 15.9. The maximum atomic E-state index is 13.4. The van der Waals surface area contributed by atoms with Crippen LogP contribution in [0.1, 0.15) is 32.3 Å². The molecule has 0 spiro atoms. The summed E-state index contributed by atoms with van der Waals surface area (Å²) in [7, 11) is 0. The highest BCUT2D eigenvalue weighted by Crippen LogP contribution is 2.41. The molecule has 1 aromatic rings. The smallest absolute Gasteiger partial charge is 0.297 e. The number of amides is 3. The van der Waals surface area contributed by atoms with Gasteiger partial charge in [0.15, 0.2) is 0 Å². The summed E-state index contributed by atoms with van der Waals surface area (Å²) in [5, 5.41) is 2.70. The first-order chi connectivity index (χ1) is 13.7. The van der Waals surface area contributed by atoms with Crippen molar-refractivity contribution in [1.82, 2.24) is 15.1 Å². The van der Waals surface area contributed by atoms with Crippen LogP contribution in [-0.2, 0) is 25.7 Å². The highest BCUT2D eigenvalue weighted by Gasteiger charge is 2.57. The van der Waals surface area contributed by atoms with Gasteiger partial charge >= 0.3 is 0 Å². The quantitative estimate of drug-likeness (QED) is 0.597. The number of hydrogen-bond donors (Lipinski definition) is 1. The van der Waals surface area contributed by atoms with Crippen LogP contribution in [0.3, 0.4) is 0 Å². The van der Waals surface area contributed by atoms with E-state index in [1.807, 2.05) is 0 Å². The molecule has 2 fully saturated rings.